The highest BCUT2D eigenvalue weighted by atomic mass is 35.5. The van der Waals surface area contributed by atoms with Crippen LogP contribution in [0.25, 0.3) is 10.2 Å². The lowest BCUT2D eigenvalue weighted by molar-refractivity contribution is -0.144. The van der Waals surface area contributed by atoms with Crippen LogP contribution in [0.2, 0.25) is 5.02 Å². The zero-order valence-corrected chi connectivity index (χ0v) is 19.0. The first kappa shape index (κ1) is 22.9. The number of ketones is 1. The number of carbonyl (C=O) groups is 3. The molecular weight excluding hydrogens is 471 g/mol. The maximum atomic E-state index is 13.6. The van der Waals surface area contributed by atoms with E-state index >= 15 is 0 Å². The molecule has 3 aromatic rings. The zero-order chi connectivity index (χ0) is 23.7. The summed E-state index contributed by atoms with van der Waals surface area (Å²) in [6.07, 6.45) is -0.458. The summed E-state index contributed by atoms with van der Waals surface area (Å²) in [5, 5.41) is 11.4. The van der Waals surface area contributed by atoms with Gasteiger partial charge in [0.15, 0.2) is 16.7 Å². The van der Waals surface area contributed by atoms with Crippen molar-refractivity contribution in [2.75, 3.05) is 11.5 Å². The number of thiazole rings is 1. The number of aliphatic hydroxyl groups excluding tert-OH is 1. The summed E-state index contributed by atoms with van der Waals surface area (Å²) in [4.78, 5) is 43.5. The van der Waals surface area contributed by atoms with Crippen molar-refractivity contribution in [1.82, 2.24) is 4.98 Å². The lowest BCUT2D eigenvalue weighted by Crippen LogP contribution is -2.31. The fraction of sp³-hybridized carbons (Fsp3) is 0.217. The van der Waals surface area contributed by atoms with E-state index in [4.69, 9.17) is 16.3 Å². The van der Waals surface area contributed by atoms with Gasteiger partial charge in [0, 0.05) is 11.4 Å². The first-order chi connectivity index (χ1) is 15.8. The quantitative estimate of drug-likeness (QED) is 0.475. The van der Waals surface area contributed by atoms with E-state index in [1.54, 1.807) is 25.1 Å². The Hall–Kier alpha value is -3.30. The van der Waals surface area contributed by atoms with Gasteiger partial charge < -0.3 is 9.84 Å². The number of fused-ring (bicyclic) bond motifs is 1. The van der Waals surface area contributed by atoms with Crippen molar-refractivity contribution < 1.29 is 28.6 Å². The third-order valence-electron chi connectivity index (χ3n) is 5.10. The van der Waals surface area contributed by atoms with Gasteiger partial charge in [0.25, 0.3) is 5.91 Å². The highest BCUT2D eigenvalue weighted by Crippen LogP contribution is 2.44. The van der Waals surface area contributed by atoms with Gasteiger partial charge in [-0.25, -0.2) is 9.37 Å². The van der Waals surface area contributed by atoms with Gasteiger partial charge >= 0.3 is 5.97 Å². The molecule has 0 aliphatic carbocycles. The fourth-order valence-corrected chi connectivity index (χ4v) is 4.89. The largest absolute Gasteiger partial charge is 0.503 e. The number of Topliss-reactive ketones (excluding diaryl/α,β-unsaturated/α-hetero) is 1. The van der Waals surface area contributed by atoms with E-state index in [0.29, 0.717) is 20.8 Å². The van der Waals surface area contributed by atoms with Gasteiger partial charge in [0.2, 0.25) is 0 Å². The molecule has 0 bridgehead atoms. The van der Waals surface area contributed by atoms with Gasteiger partial charge in [0.1, 0.15) is 5.82 Å². The maximum Gasteiger partial charge on any atom is 0.306 e. The van der Waals surface area contributed by atoms with Crippen LogP contribution in [0.15, 0.2) is 53.8 Å². The number of benzene rings is 2. The first-order valence-corrected chi connectivity index (χ1v) is 11.3. The highest BCUT2D eigenvalue weighted by Gasteiger charge is 2.45. The van der Waals surface area contributed by atoms with Gasteiger partial charge in [-0.05, 0) is 42.8 Å². The van der Waals surface area contributed by atoms with Crippen LogP contribution in [0.4, 0.5) is 9.52 Å². The summed E-state index contributed by atoms with van der Waals surface area (Å²) >= 11 is 7.23. The number of hydrogen-bond acceptors (Lipinski definition) is 7. The molecule has 0 fully saturated rings. The van der Waals surface area contributed by atoms with E-state index in [2.05, 4.69) is 4.98 Å². The molecule has 4 rings (SSSR count). The Morgan fingerprint density at radius 3 is 2.64 bits per heavy atom. The molecule has 1 atom stereocenters. The number of nitrogens with zero attached hydrogens (tertiary/aromatic N) is 2. The molecule has 0 saturated heterocycles. The molecule has 2 heterocycles. The molecule has 1 aliphatic heterocycles. The molecule has 7 nitrogen and oxygen atoms in total. The molecule has 1 amide bonds. The number of ether oxygens (including phenoxy) is 1. The normalized spacial score (nSPS) is 16.0. The van der Waals surface area contributed by atoms with E-state index in [-0.39, 0.29) is 30.2 Å². The number of amides is 1. The highest BCUT2D eigenvalue weighted by molar-refractivity contribution is 7.22. The molecule has 33 heavy (non-hydrogen) atoms. The standard InChI is InChI=1S/C23H18ClFN2O5S/c1-2-32-18(29)10-9-16(28)19-20(12-3-6-14(25)7-4-12)27(22(31)21(19)30)23-26-15-8-5-13(24)11-17(15)33-23/h3-8,11,20,30H,2,9-10H2,1H3. The molecular formula is C23H18ClFN2O5S. The van der Waals surface area contributed by atoms with Gasteiger partial charge in [-0.2, -0.15) is 0 Å². The number of rotatable bonds is 7. The Kier molecular flexibility index (Phi) is 6.44. The molecule has 0 spiro atoms. The number of halogens is 2. The number of hydrogen-bond donors (Lipinski definition) is 1. The van der Waals surface area contributed by atoms with Crippen LogP contribution >= 0.6 is 22.9 Å². The summed E-state index contributed by atoms with van der Waals surface area (Å²) < 4.78 is 19.1. The van der Waals surface area contributed by atoms with E-state index in [9.17, 15) is 23.9 Å². The summed E-state index contributed by atoms with van der Waals surface area (Å²) in [5.41, 5.74) is 0.824. The lowest BCUT2D eigenvalue weighted by atomic mass is 9.94. The molecule has 1 unspecified atom stereocenters. The van der Waals surface area contributed by atoms with Crippen molar-refractivity contribution in [2.24, 2.45) is 0 Å². The Morgan fingerprint density at radius 1 is 1.21 bits per heavy atom. The van der Waals surface area contributed by atoms with Gasteiger partial charge in [-0.15, -0.1) is 0 Å². The number of aromatic nitrogens is 1. The van der Waals surface area contributed by atoms with E-state index in [1.807, 2.05) is 0 Å². The molecule has 170 valence electrons. The fourth-order valence-electron chi connectivity index (χ4n) is 3.62. The Labute approximate surface area is 197 Å². The smallest absolute Gasteiger partial charge is 0.306 e. The average molecular weight is 489 g/mol. The average Bonchev–Trinajstić information content (AvgIpc) is 3.31. The molecule has 0 saturated carbocycles. The Balaban J connectivity index is 1.76. The summed E-state index contributed by atoms with van der Waals surface area (Å²) in [6.45, 7) is 1.82. The minimum absolute atomic E-state index is 0.173. The lowest BCUT2D eigenvalue weighted by Gasteiger charge is -2.24. The molecule has 1 N–H and O–H groups in total. The van der Waals surface area contributed by atoms with E-state index < -0.39 is 35.3 Å². The predicted octanol–water partition coefficient (Wildman–Crippen LogP) is 4.90. The Morgan fingerprint density at radius 2 is 1.94 bits per heavy atom. The summed E-state index contributed by atoms with van der Waals surface area (Å²) in [7, 11) is 0. The van der Waals surface area contributed by atoms with Gasteiger partial charge in [0.05, 0.1) is 34.9 Å². The second-order valence-electron chi connectivity index (χ2n) is 7.23. The van der Waals surface area contributed by atoms with Crippen molar-refractivity contribution >= 4 is 55.9 Å². The van der Waals surface area contributed by atoms with Crippen LogP contribution in [0.1, 0.15) is 31.4 Å². The number of aliphatic hydroxyl groups is 1. The SMILES string of the molecule is CCOC(=O)CCC(=O)C1=C(O)C(=O)N(c2nc3ccc(Cl)cc3s2)C1c1ccc(F)cc1. The molecule has 10 heteroatoms. The van der Waals surface area contributed by atoms with Crippen LogP contribution < -0.4 is 4.90 Å². The molecule has 0 radical (unpaired) electrons. The van der Waals surface area contributed by atoms with E-state index in [1.165, 1.54) is 40.5 Å². The summed E-state index contributed by atoms with van der Waals surface area (Å²) in [5.74, 6) is -3.18. The third-order valence-corrected chi connectivity index (χ3v) is 6.35. The van der Waals surface area contributed by atoms with Crippen molar-refractivity contribution in [3.63, 3.8) is 0 Å². The molecule has 1 aromatic heterocycles. The summed E-state index contributed by atoms with van der Waals surface area (Å²) in [6, 6.07) is 9.29. The number of carbonyl (C=O) groups excluding carboxylic acids is 3. The number of anilines is 1. The van der Waals surface area contributed by atoms with Crippen LogP contribution in [0.3, 0.4) is 0 Å². The van der Waals surface area contributed by atoms with Gasteiger partial charge in [-0.1, -0.05) is 35.1 Å². The van der Waals surface area contributed by atoms with Gasteiger partial charge in [-0.3, -0.25) is 19.3 Å². The minimum atomic E-state index is -1.04. The Bertz CT molecular complexity index is 1290. The second-order valence-corrected chi connectivity index (χ2v) is 8.67. The van der Waals surface area contributed by atoms with Crippen molar-refractivity contribution in [2.45, 2.75) is 25.8 Å². The predicted molar refractivity (Wildman–Crippen MR) is 122 cm³/mol. The maximum absolute atomic E-state index is 13.6. The van der Waals surface area contributed by atoms with Crippen molar-refractivity contribution in [3.8, 4) is 0 Å². The van der Waals surface area contributed by atoms with Crippen LogP contribution in [0.5, 0.6) is 0 Å². The third kappa shape index (κ3) is 4.46. The first-order valence-electron chi connectivity index (χ1n) is 10.1. The van der Waals surface area contributed by atoms with Crippen LogP contribution in [-0.4, -0.2) is 34.4 Å². The molecule has 1 aliphatic rings. The van der Waals surface area contributed by atoms with E-state index in [0.717, 1.165) is 0 Å². The zero-order valence-electron chi connectivity index (χ0n) is 17.4. The van der Waals surface area contributed by atoms with Crippen molar-refractivity contribution in [1.29, 1.82) is 0 Å². The van der Waals surface area contributed by atoms with Crippen LogP contribution in [-0.2, 0) is 19.1 Å². The molecule has 2 aromatic carbocycles. The van der Waals surface area contributed by atoms with Crippen molar-refractivity contribution in [3.05, 3.63) is 70.2 Å². The second kappa shape index (κ2) is 9.29. The number of esters is 1. The minimum Gasteiger partial charge on any atom is -0.503 e. The van der Waals surface area contributed by atoms with Crippen LogP contribution in [0, 0.1) is 5.82 Å². The topological polar surface area (TPSA) is 96.8 Å². The monoisotopic (exact) mass is 488 g/mol.